The summed E-state index contributed by atoms with van der Waals surface area (Å²) < 4.78 is 17.6. The molecule has 0 amide bonds. The zero-order valence-electron chi connectivity index (χ0n) is 14.9. The Morgan fingerprint density at radius 3 is 2.65 bits per heavy atom. The van der Waals surface area contributed by atoms with Crippen LogP contribution >= 0.6 is 0 Å². The van der Waals surface area contributed by atoms with Crippen LogP contribution in [0.25, 0.3) is 0 Å². The fourth-order valence-corrected chi connectivity index (χ4v) is 3.04. The molecule has 3 atom stereocenters. The molecule has 0 aromatic heterocycles. The first-order valence-corrected chi connectivity index (χ1v) is 8.50. The van der Waals surface area contributed by atoms with Crippen molar-refractivity contribution in [3.63, 3.8) is 0 Å². The molecule has 1 aliphatic heterocycles. The number of benzene rings is 1. The highest BCUT2D eigenvalue weighted by molar-refractivity contribution is 5.13. The molecule has 0 aliphatic carbocycles. The summed E-state index contributed by atoms with van der Waals surface area (Å²) in [6.45, 7) is 13.8. The number of ether oxygens (including phenoxy) is 3. The molecule has 2 rings (SSSR count). The van der Waals surface area contributed by atoms with E-state index in [1.54, 1.807) is 0 Å². The third-order valence-electron chi connectivity index (χ3n) is 4.20. The second kappa shape index (κ2) is 8.09. The first-order chi connectivity index (χ1) is 10.9. The summed E-state index contributed by atoms with van der Waals surface area (Å²) >= 11 is 0. The molecule has 3 nitrogen and oxygen atoms in total. The molecule has 1 heterocycles. The van der Waals surface area contributed by atoms with Crippen LogP contribution in [0.3, 0.4) is 0 Å². The predicted octanol–water partition coefficient (Wildman–Crippen LogP) is 4.72. The lowest BCUT2D eigenvalue weighted by molar-refractivity contribution is -0.295. The molecule has 1 aromatic rings. The normalized spacial score (nSPS) is 25.0. The molecule has 0 spiro atoms. The van der Waals surface area contributed by atoms with Gasteiger partial charge in [0.1, 0.15) is 0 Å². The van der Waals surface area contributed by atoms with Gasteiger partial charge >= 0.3 is 0 Å². The van der Waals surface area contributed by atoms with Crippen LogP contribution in [-0.2, 0) is 20.8 Å². The van der Waals surface area contributed by atoms with E-state index in [1.807, 2.05) is 32.0 Å². The molecular weight excluding hydrogens is 288 g/mol. The van der Waals surface area contributed by atoms with Crippen molar-refractivity contribution < 1.29 is 14.2 Å². The molecule has 0 N–H and O–H groups in total. The minimum atomic E-state index is -0.504. The minimum absolute atomic E-state index is 0.179. The summed E-state index contributed by atoms with van der Waals surface area (Å²) in [5, 5.41) is 0. The summed E-state index contributed by atoms with van der Waals surface area (Å²) in [6, 6.07) is 10.3. The van der Waals surface area contributed by atoms with E-state index < -0.39 is 5.79 Å². The van der Waals surface area contributed by atoms with Crippen LogP contribution in [0.15, 0.2) is 42.5 Å². The fraction of sp³-hybridized carbons (Fsp3) is 0.600. The van der Waals surface area contributed by atoms with Crippen LogP contribution in [0.4, 0.5) is 0 Å². The Kier molecular flexibility index (Phi) is 6.40. The van der Waals surface area contributed by atoms with Crippen molar-refractivity contribution in [2.75, 3.05) is 6.61 Å². The summed E-state index contributed by atoms with van der Waals surface area (Å²) in [5.74, 6) is -0.182. The maximum Gasteiger partial charge on any atom is 0.163 e. The van der Waals surface area contributed by atoms with Crippen LogP contribution in [0.5, 0.6) is 0 Å². The quantitative estimate of drug-likeness (QED) is 0.681. The van der Waals surface area contributed by atoms with E-state index in [4.69, 9.17) is 14.2 Å². The summed E-state index contributed by atoms with van der Waals surface area (Å²) in [6.07, 6.45) is 2.19. The van der Waals surface area contributed by atoms with Crippen molar-refractivity contribution in [2.24, 2.45) is 5.92 Å². The van der Waals surface area contributed by atoms with Crippen molar-refractivity contribution in [1.82, 2.24) is 0 Å². The van der Waals surface area contributed by atoms with Gasteiger partial charge in [-0.3, -0.25) is 0 Å². The second-order valence-electron chi connectivity index (χ2n) is 7.07. The lowest BCUT2D eigenvalue weighted by atomic mass is 9.94. The molecule has 1 aromatic carbocycles. The predicted molar refractivity (Wildman–Crippen MR) is 93.1 cm³/mol. The van der Waals surface area contributed by atoms with Crippen LogP contribution in [0.1, 0.15) is 46.1 Å². The largest absolute Gasteiger partial charge is 0.376 e. The number of hydrogen-bond donors (Lipinski definition) is 0. The van der Waals surface area contributed by atoms with Gasteiger partial charge in [0, 0.05) is 12.3 Å². The van der Waals surface area contributed by atoms with Gasteiger partial charge in [-0.25, -0.2) is 0 Å². The summed E-state index contributed by atoms with van der Waals surface area (Å²) in [5.41, 5.74) is 2.39. The third kappa shape index (κ3) is 6.09. The minimum Gasteiger partial charge on any atom is -0.376 e. The van der Waals surface area contributed by atoms with Crippen molar-refractivity contribution in [3.05, 3.63) is 48.0 Å². The van der Waals surface area contributed by atoms with E-state index in [2.05, 4.69) is 32.6 Å². The highest BCUT2D eigenvalue weighted by atomic mass is 16.7. The first-order valence-electron chi connectivity index (χ1n) is 8.50. The molecule has 128 valence electrons. The summed E-state index contributed by atoms with van der Waals surface area (Å²) in [7, 11) is 0. The molecule has 1 aliphatic rings. The molecule has 0 saturated carbocycles. The van der Waals surface area contributed by atoms with Gasteiger partial charge in [-0.05, 0) is 32.8 Å². The van der Waals surface area contributed by atoms with Crippen LogP contribution in [0.2, 0.25) is 0 Å². The van der Waals surface area contributed by atoms with E-state index >= 15 is 0 Å². The Bertz CT molecular complexity index is 495. The maximum atomic E-state index is 6.01. The molecule has 1 saturated heterocycles. The standard InChI is InChI=1S/C20H30O3/c1-15(11-19-12-17(3)22-20(4,5)23-19)16(2)13-21-14-18-9-7-6-8-10-18/h6-10,16-17,19H,1,11-14H2,2-5H3/t16-,17+,19+/m1/s1. The zero-order valence-corrected chi connectivity index (χ0v) is 14.9. The van der Waals surface area contributed by atoms with Gasteiger partial charge in [-0.15, -0.1) is 0 Å². The Labute approximate surface area is 140 Å². The fourth-order valence-electron chi connectivity index (χ4n) is 3.04. The summed E-state index contributed by atoms with van der Waals surface area (Å²) in [4.78, 5) is 0. The Balaban J connectivity index is 1.74. The SMILES string of the molecule is C=C(C[C@H]1C[C@H](C)OC(C)(C)O1)[C@H](C)COCc1ccccc1. The van der Waals surface area contributed by atoms with Gasteiger partial charge in [-0.2, -0.15) is 0 Å². The number of hydrogen-bond acceptors (Lipinski definition) is 3. The second-order valence-corrected chi connectivity index (χ2v) is 7.07. The molecular formula is C20H30O3. The molecule has 0 unspecified atom stereocenters. The lowest BCUT2D eigenvalue weighted by Crippen LogP contribution is -2.43. The molecule has 0 bridgehead atoms. The van der Waals surface area contributed by atoms with Gasteiger partial charge in [0.25, 0.3) is 0 Å². The van der Waals surface area contributed by atoms with Crippen molar-refractivity contribution >= 4 is 0 Å². The van der Waals surface area contributed by atoms with Crippen LogP contribution in [0, 0.1) is 5.92 Å². The van der Waals surface area contributed by atoms with Crippen molar-refractivity contribution in [3.8, 4) is 0 Å². The smallest absolute Gasteiger partial charge is 0.163 e. The average Bonchev–Trinajstić information content (AvgIpc) is 2.46. The third-order valence-corrected chi connectivity index (χ3v) is 4.20. The molecule has 23 heavy (non-hydrogen) atoms. The average molecular weight is 318 g/mol. The molecule has 1 fully saturated rings. The van der Waals surface area contributed by atoms with Gasteiger partial charge in [0.15, 0.2) is 5.79 Å². The van der Waals surface area contributed by atoms with Crippen molar-refractivity contribution in [1.29, 1.82) is 0 Å². The zero-order chi connectivity index (χ0) is 16.9. The van der Waals surface area contributed by atoms with Gasteiger partial charge in [0.2, 0.25) is 0 Å². The van der Waals surface area contributed by atoms with E-state index in [0.717, 1.165) is 12.8 Å². The van der Waals surface area contributed by atoms with E-state index in [0.29, 0.717) is 19.1 Å². The highest BCUT2D eigenvalue weighted by Gasteiger charge is 2.33. The van der Waals surface area contributed by atoms with E-state index in [1.165, 1.54) is 11.1 Å². The lowest BCUT2D eigenvalue weighted by Gasteiger charge is -2.40. The maximum absolute atomic E-state index is 6.01. The van der Waals surface area contributed by atoms with Gasteiger partial charge < -0.3 is 14.2 Å². The van der Waals surface area contributed by atoms with Gasteiger partial charge in [-0.1, -0.05) is 49.4 Å². The Hall–Kier alpha value is -1.16. The van der Waals surface area contributed by atoms with Crippen LogP contribution < -0.4 is 0 Å². The first kappa shape index (κ1) is 18.2. The van der Waals surface area contributed by atoms with Gasteiger partial charge in [0.05, 0.1) is 25.4 Å². The Morgan fingerprint density at radius 2 is 2.00 bits per heavy atom. The topological polar surface area (TPSA) is 27.7 Å². The Morgan fingerprint density at radius 1 is 1.30 bits per heavy atom. The van der Waals surface area contributed by atoms with Crippen LogP contribution in [-0.4, -0.2) is 24.6 Å². The highest BCUT2D eigenvalue weighted by Crippen LogP contribution is 2.30. The van der Waals surface area contributed by atoms with Crippen molar-refractivity contribution in [2.45, 2.75) is 65.1 Å². The van der Waals surface area contributed by atoms with E-state index in [9.17, 15) is 0 Å². The molecule has 0 radical (unpaired) electrons. The van der Waals surface area contributed by atoms with E-state index in [-0.39, 0.29) is 12.2 Å². The monoisotopic (exact) mass is 318 g/mol. The molecule has 3 heteroatoms. The number of rotatable bonds is 7.